The van der Waals surface area contributed by atoms with Gasteiger partial charge in [0.15, 0.2) is 0 Å². The van der Waals surface area contributed by atoms with Crippen LogP contribution in [0.3, 0.4) is 0 Å². The highest BCUT2D eigenvalue weighted by Gasteiger charge is 2.07. The first-order valence-electron chi connectivity index (χ1n) is 5.60. The van der Waals surface area contributed by atoms with Crippen LogP contribution in [0.15, 0.2) is 41.8 Å². The summed E-state index contributed by atoms with van der Waals surface area (Å²) < 4.78 is 0. The van der Waals surface area contributed by atoms with E-state index in [4.69, 9.17) is 5.73 Å². The van der Waals surface area contributed by atoms with E-state index in [9.17, 15) is 0 Å². The fourth-order valence-electron chi connectivity index (χ4n) is 1.72. The third-order valence-electron chi connectivity index (χ3n) is 2.65. The molecule has 0 aliphatic carbocycles. The van der Waals surface area contributed by atoms with Crippen molar-refractivity contribution in [2.45, 2.75) is 6.92 Å². The lowest BCUT2D eigenvalue weighted by atomic mass is 10.2. The molecule has 0 aliphatic heterocycles. The molecule has 1 aromatic carbocycles. The highest BCUT2D eigenvalue weighted by molar-refractivity contribution is 7.16. The van der Waals surface area contributed by atoms with Gasteiger partial charge in [0, 0.05) is 21.5 Å². The van der Waals surface area contributed by atoms with Gasteiger partial charge < -0.3 is 5.73 Å². The molecule has 0 saturated carbocycles. The van der Waals surface area contributed by atoms with E-state index in [0.717, 1.165) is 22.0 Å². The molecule has 2 heterocycles. The fourth-order valence-corrected chi connectivity index (χ4v) is 3.45. The number of hydrogen-bond acceptors (Lipinski definition) is 4. The van der Waals surface area contributed by atoms with E-state index < -0.39 is 0 Å². The van der Waals surface area contributed by atoms with E-state index in [0.29, 0.717) is 0 Å². The molecule has 90 valence electrons. The lowest BCUT2D eigenvalue weighted by molar-refractivity contribution is 1.42. The first-order valence-corrected chi connectivity index (χ1v) is 7.30. The van der Waals surface area contributed by atoms with E-state index >= 15 is 0 Å². The first-order chi connectivity index (χ1) is 8.72. The van der Waals surface area contributed by atoms with E-state index in [1.807, 2.05) is 24.3 Å². The predicted octanol–water partition coefficient (Wildman–Crippen LogP) is 4.43. The van der Waals surface area contributed by atoms with Gasteiger partial charge >= 0.3 is 0 Å². The molecule has 0 aliphatic rings. The molecule has 18 heavy (non-hydrogen) atoms. The molecule has 2 nitrogen and oxygen atoms in total. The standard InChI is InChI=1S/C14H12N2S2/c1-9-2-7-13(18-9)12-8-17-14(16-12)10-3-5-11(15)6-4-10/h2-8H,15H2,1H3. The number of thiophene rings is 1. The average Bonchev–Trinajstić information content (AvgIpc) is 2.98. The summed E-state index contributed by atoms with van der Waals surface area (Å²) in [6.07, 6.45) is 0. The summed E-state index contributed by atoms with van der Waals surface area (Å²) in [6, 6.07) is 12.1. The van der Waals surface area contributed by atoms with Crippen LogP contribution in [0, 0.1) is 6.92 Å². The molecule has 0 spiro atoms. The van der Waals surface area contributed by atoms with Gasteiger partial charge in [0.1, 0.15) is 5.01 Å². The van der Waals surface area contributed by atoms with Crippen molar-refractivity contribution in [3.63, 3.8) is 0 Å². The number of hydrogen-bond donors (Lipinski definition) is 1. The number of aromatic nitrogens is 1. The molecular weight excluding hydrogens is 260 g/mol. The topological polar surface area (TPSA) is 38.9 Å². The number of nitrogen functional groups attached to an aromatic ring is 1. The maximum atomic E-state index is 5.69. The maximum Gasteiger partial charge on any atom is 0.124 e. The van der Waals surface area contributed by atoms with E-state index in [1.54, 1.807) is 22.7 Å². The van der Waals surface area contributed by atoms with Gasteiger partial charge in [-0.1, -0.05) is 0 Å². The fraction of sp³-hybridized carbons (Fsp3) is 0.0714. The highest BCUT2D eigenvalue weighted by atomic mass is 32.1. The Kier molecular flexibility index (Phi) is 2.89. The van der Waals surface area contributed by atoms with Crippen molar-refractivity contribution < 1.29 is 0 Å². The van der Waals surface area contributed by atoms with Gasteiger partial charge in [-0.3, -0.25) is 0 Å². The molecule has 0 radical (unpaired) electrons. The van der Waals surface area contributed by atoms with Crippen molar-refractivity contribution in [3.8, 4) is 21.1 Å². The first kappa shape index (κ1) is 11.4. The smallest absolute Gasteiger partial charge is 0.124 e. The van der Waals surface area contributed by atoms with Crippen molar-refractivity contribution in [1.82, 2.24) is 4.98 Å². The van der Waals surface area contributed by atoms with Crippen molar-refractivity contribution in [3.05, 3.63) is 46.7 Å². The number of nitrogens with zero attached hydrogens (tertiary/aromatic N) is 1. The second-order valence-corrected chi connectivity index (χ2v) is 6.22. The summed E-state index contributed by atoms with van der Waals surface area (Å²) in [5.74, 6) is 0. The van der Waals surface area contributed by atoms with Gasteiger partial charge in [-0.05, 0) is 43.3 Å². The number of aryl methyl sites for hydroxylation is 1. The van der Waals surface area contributed by atoms with E-state index in [-0.39, 0.29) is 0 Å². The van der Waals surface area contributed by atoms with Crippen LogP contribution < -0.4 is 5.73 Å². The summed E-state index contributed by atoms with van der Waals surface area (Å²) in [5.41, 5.74) is 8.65. The van der Waals surface area contributed by atoms with Gasteiger partial charge in [-0.15, -0.1) is 22.7 Å². The minimum absolute atomic E-state index is 0.782. The zero-order valence-electron chi connectivity index (χ0n) is 9.88. The molecule has 0 atom stereocenters. The number of anilines is 1. The third-order valence-corrected chi connectivity index (χ3v) is 4.57. The molecular formula is C14H12N2S2. The van der Waals surface area contributed by atoms with Crippen molar-refractivity contribution >= 4 is 28.4 Å². The Balaban J connectivity index is 1.96. The summed E-state index contributed by atoms with van der Waals surface area (Å²) in [5, 5.41) is 3.15. The lowest BCUT2D eigenvalue weighted by Crippen LogP contribution is -1.83. The van der Waals surface area contributed by atoms with Gasteiger partial charge in [0.2, 0.25) is 0 Å². The Morgan fingerprint density at radius 3 is 2.50 bits per heavy atom. The Hall–Kier alpha value is -1.65. The van der Waals surface area contributed by atoms with Gasteiger partial charge in [0.05, 0.1) is 10.6 Å². The summed E-state index contributed by atoms with van der Waals surface area (Å²) in [4.78, 5) is 7.22. The molecule has 3 rings (SSSR count). The average molecular weight is 272 g/mol. The van der Waals surface area contributed by atoms with Gasteiger partial charge in [-0.25, -0.2) is 4.98 Å². The zero-order chi connectivity index (χ0) is 12.5. The summed E-state index contributed by atoms with van der Waals surface area (Å²) in [7, 11) is 0. The zero-order valence-corrected chi connectivity index (χ0v) is 11.5. The van der Waals surface area contributed by atoms with Gasteiger partial charge in [0.25, 0.3) is 0 Å². The second kappa shape index (κ2) is 4.55. The SMILES string of the molecule is Cc1ccc(-c2csc(-c3ccc(N)cc3)n2)s1. The summed E-state index contributed by atoms with van der Waals surface area (Å²) >= 11 is 3.44. The van der Waals surface area contributed by atoms with Crippen LogP contribution in [0.5, 0.6) is 0 Å². The molecule has 2 N–H and O–H groups in total. The second-order valence-electron chi connectivity index (χ2n) is 4.07. The molecule has 0 unspecified atom stereocenters. The van der Waals surface area contributed by atoms with E-state index in [1.165, 1.54) is 9.75 Å². The van der Waals surface area contributed by atoms with Crippen LogP contribution in [0.1, 0.15) is 4.88 Å². The van der Waals surface area contributed by atoms with Crippen LogP contribution in [0.2, 0.25) is 0 Å². The quantitative estimate of drug-likeness (QED) is 0.701. The normalized spacial score (nSPS) is 10.7. The number of thiazole rings is 1. The largest absolute Gasteiger partial charge is 0.399 e. The molecule has 2 aromatic heterocycles. The van der Waals surface area contributed by atoms with Gasteiger partial charge in [-0.2, -0.15) is 0 Å². The van der Waals surface area contributed by atoms with Crippen LogP contribution in [-0.4, -0.2) is 4.98 Å². The van der Waals surface area contributed by atoms with Crippen molar-refractivity contribution in [2.75, 3.05) is 5.73 Å². The highest BCUT2D eigenvalue weighted by Crippen LogP contribution is 2.32. The Morgan fingerprint density at radius 2 is 1.83 bits per heavy atom. The van der Waals surface area contributed by atoms with E-state index in [2.05, 4.69) is 29.4 Å². The maximum absolute atomic E-state index is 5.69. The van der Waals surface area contributed by atoms with Crippen molar-refractivity contribution in [1.29, 1.82) is 0 Å². The molecule has 4 heteroatoms. The van der Waals surface area contributed by atoms with Crippen LogP contribution in [0.25, 0.3) is 21.1 Å². The Morgan fingerprint density at radius 1 is 1.06 bits per heavy atom. The Bertz CT molecular complexity index is 665. The number of rotatable bonds is 2. The number of benzene rings is 1. The molecule has 0 bridgehead atoms. The third kappa shape index (κ3) is 2.17. The minimum atomic E-state index is 0.782. The van der Waals surface area contributed by atoms with Crippen molar-refractivity contribution in [2.24, 2.45) is 0 Å². The number of nitrogens with two attached hydrogens (primary N) is 1. The van der Waals surface area contributed by atoms with Crippen LogP contribution in [-0.2, 0) is 0 Å². The summed E-state index contributed by atoms with van der Waals surface area (Å²) in [6.45, 7) is 2.11. The molecule has 0 amide bonds. The minimum Gasteiger partial charge on any atom is -0.399 e. The lowest BCUT2D eigenvalue weighted by Gasteiger charge is -1.96. The molecule has 0 fully saturated rings. The monoisotopic (exact) mass is 272 g/mol. The molecule has 0 saturated heterocycles. The predicted molar refractivity (Wildman–Crippen MR) is 80.0 cm³/mol. The molecule has 3 aromatic rings. The van der Waals surface area contributed by atoms with Crippen LogP contribution in [0.4, 0.5) is 5.69 Å². The van der Waals surface area contributed by atoms with Crippen LogP contribution >= 0.6 is 22.7 Å². The Labute approximate surface area is 114 Å².